The third-order valence-electron chi connectivity index (χ3n) is 4.47. The van der Waals surface area contributed by atoms with Gasteiger partial charge in [0.15, 0.2) is 11.5 Å². The first-order valence-electron chi connectivity index (χ1n) is 8.03. The Kier molecular flexibility index (Phi) is 4.88. The van der Waals surface area contributed by atoms with Gasteiger partial charge in [-0.25, -0.2) is 8.78 Å². The van der Waals surface area contributed by atoms with Gasteiger partial charge in [0.2, 0.25) is 0 Å². The van der Waals surface area contributed by atoms with E-state index in [1.54, 1.807) is 25.2 Å². The summed E-state index contributed by atoms with van der Waals surface area (Å²) >= 11 is 0. The van der Waals surface area contributed by atoms with Crippen LogP contribution in [-0.4, -0.2) is 31.6 Å². The average Bonchev–Trinajstić information content (AvgIpc) is 3.10. The molecule has 1 unspecified atom stereocenters. The first kappa shape index (κ1) is 17.2. The van der Waals surface area contributed by atoms with Gasteiger partial charge < -0.3 is 14.4 Å². The van der Waals surface area contributed by atoms with Gasteiger partial charge in [0.05, 0.1) is 25.8 Å². The lowest BCUT2D eigenvalue weighted by molar-refractivity contribution is 0.0730. The number of carbonyl (C=O) groups is 1. The SMILES string of the molecule is COc1ccc(C2CCCN2C(=O)c2ccc(F)cc2F)cc1OC. The molecule has 0 bridgehead atoms. The lowest BCUT2D eigenvalue weighted by Crippen LogP contribution is -2.31. The zero-order valence-electron chi connectivity index (χ0n) is 14.1. The molecule has 2 aromatic rings. The number of halogens is 2. The molecule has 0 aromatic heterocycles. The third-order valence-corrected chi connectivity index (χ3v) is 4.47. The average molecular weight is 347 g/mol. The molecular formula is C19H19F2NO3. The van der Waals surface area contributed by atoms with Crippen LogP contribution in [0.3, 0.4) is 0 Å². The van der Waals surface area contributed by atoms with Crippen LogP contribution in [0.4, 0.5) is 8.78 Å². The summed E-state index contributed by atoms with van der Waals surface area (Å²) in [7, 11) is 3.10. The predicted octanol–water partition coefficient (Wildman–Crippen LogP) is 3.96. The van der Waals surface area contributed by atoms with Crippen LogP contribution < -0.4 is 9.47 Å². The van der Waals surface area contributed by atoms with E-state index in [2.05, 4.69) is 0 Å². The Bertz CT molecular complexity index is 794. The van der Waals surface area contributed by atoms with Crippen molar-refractivity contribution < 1.29 is 23.0 Å². The molecule has 4 nitrogen and oxygen atoms in total. The molecule has 0 radical (unpaired) electrons. The Balaban J connectivity index is 1.91. The number of benzene rings is 2. The summed E-state index contributed by atoms with van der Waals surface area (Å²) in [6.07, 6.45) is 1.58. The van der Waals surface area contributed by atoms with Crippen LogP contribution in [-0.2, 0) is 0 Å². The number of hydrogen-bond donors (Lipinski definition) is 0. The summed E-state index contributed by atoms with van der Waals surface area (Å²) in [6.45, 7) is 0.522. The van der Waals surface area contributed by atoms with Crippen LogP contribution in [0.1, 0.15) is 34.8 Å². The third kappa shape index (κ3) is 3.29. The maximum Gasteiger partial charge on any atom is 0.257 e. The number of nitrogens with zero attached hydrogens (tertiary/aromatic N) is 1. The number of carbonyl (C=O) groups excluding carboxylic acids is 1. The highest BCUT2D eigenvalue weighted by molar-refractivity contribution is 5.95. The van der Waals surface area contributed by atoms with Gasteiger partial charge in [-0.2, -0.15) is 0 Å². The van der Waals surface area contributed by atoms with E-state index < -0.39 is 17.5 Å². The Morgan fingerprint density at radius 1 is 1.08 bits per heavy atom. The van der Waals surface area contributed by atoms with Gasteiger partial charge in [-0.3, -0.25) is 4.79 Å². The van der Waals surface area contributed by atoms with E-state index in [1.165, 1.54) is 6.07 Å². The highest BCUT2D eigenvalue weighted by Crippen LogP contribution is 2.37. The fourth-order valence-corrected chi connectivity index (χ4v) is 3.23. The lowest BCUT2D eigenvalue weighted by atomic mass is 10.0. The summed E-state index contributed by atoms with van der Waals surface area (Å²) in [5.74, 6) is -0.802. The summed E-state index contributed by atoms with van der Waals surface area (Å²) in [4.78, 5) is 14.4. The standard InChI is InChI=1S/C19H19F2NO3/c1-24-17-8-5-12(10-18(17)25-2)16-4-3-9-22(16)19(23)14-7-6-13(20)11-15(14)21/h5-8,10-11,16H,3-4,9H2,1-2H3. The van der Waals surface area contributed by atoms with Crippen molar-refractivity contribution in [2.45, 2.75) is 18.9 Å². The Labute approximate surface area is 145 Å². The molecular weight excluding hydrogens is 328 g/mol. The van der Waals surface area contributed by atoms with Gasteiger partial charge in [0, 0.05) is 12.6 Å². The molecule has 1 aliphatic heterocycles. The van der Waals surface area contributed by atoms with Crippen LogP contribution >= 0.6 is 0 Å². The zero-order valence-corrected chi connectivity index (χ0v) is 14.1. The second-order valence-electron chi connectivity index (χ2n) is 5.90. The van der Waals surface area contributed by atoms with Crippen molar-refractivity contribution in [1.82, 2.24) is 4.90 Å². The van der Waals surface area contributed by atoms with Gasteiger partial charge in [0.25, 0.3) is 5.91 Å². The van der Waals surface area contributed by atoms with Gasteiger partial charge >= 0.3 is 0 Å². The minimum Gasteiger partial charge on any atom is -0.493 e. The number of hydrogen-bond acceptors (Lipinski definition) is 3. The largest absolute Gasteiger partial charge is 0.493 e. The smallest absolute Gasteiger partial charge is 0.257 e. The molecule has 0 saturated carbocycles. The number of ether oxygens (including phenoxy) is 2. The fraction of sp³-hybridized carbons (Fsp3) is 0.316. The van der Waals surface area contributed by atoms with Gasteiger partial charge in [-0.05, 0) is 42.7 Å². The van der Waals surface area contributed by atoms with Crippen LogP contribution in [0.5, 0.6) is 11.5 Å². The maximum atomic E-state index is 14.0. The van der Waals surface area contributed by atoms with Crippen LogP contribution in [0, 0.1) is 11.6 Å². The van der Waals surface area contributed by atoms with Gasteiger partial charge in [-0.1, -0.05) is 6.07 Å². The van der Waals surface area contributed by atoms with Crippen molar-refractivity contribution in [2.24, 2.45) is 0 Å². The minimum atomic E-state index is -0.844. The molecule has 132 valence electrons. The quantitative estimate of drug-likeness (QED) is 0.840. The van der Waals surface area contributed by atoms with Crippen molar-refractivity contribution >= 4 is 5.91 Å². The number of likely N-dealkylation sites (tertiary alicyclic amines) is 1. The monoisotopic (exact) mass is 347 g/mol. The molecule has 2 aromatic carbocycles. The first-order valence-corrected chi connectivity index (χ1v) is 8.03. The van der Waals surface area contributed by atoms with E-state index >= 15 is 0 Å². The Morgan fingerprint density at radius 2 is 1.84 bits per heavy atom. The minimum absolute atomic E-state index is 0.117. The summed E-state index contributed by atoms with van der Waals surface area (Å²) in [5, 5.41) is 0. The molecule has 1 amide bonds. The molecule has 0 spiro atoms. The van der Waals surface area contributed by atoms with E-state index in [0.717, 1.165) is 30.5 Å². The fourth-order valence-electron chi connectivity index (χ4n) is 3.23. The number of amides is 1. The maximum absolute atomic E-state index is 14.0. The second kappa shape index (κ2) is 7.09. The highest BCUT2D eigenvalue weighted by Gasteiger charge is 2.32. The van der Waals surface area contributed by atoms with Gasteiger partial charge in [0.1, 0.15) is 11.6 Å². The summed E-state index contributed by atoms with van der Waals surface area (Å²) in [6, 6.07) is 8.32. The molecule has 0 N–H and O–H groups in total. The molecule has 1 heterocycles. The number of methoxy groups -OCH3 is 2. The van der Waals surface area contributed by atoms with Crippen molar-refractivity contribution in [3.8, 4) is 11.5 Å². The molecule has 1 saturated heterocycles. The van der Waals surface area contributed by atoms with Crippen LogP contribution in [0.25, 0.3) is 0 Å². The van der Waals surface area contributed by atoms with Gasteiger partial charge in [-0.15, -0.1) is 0 Å². The summed E-state index contributed by atoms with van der Waals surface area (Å²) in [5.41, 5.74) is 0.778. The van der Waals surface area contributed by atoms with E-state index in [-0.39, 0.29) is 11.6 Å². The lowest BCUT2D eigenvalue weighted by Gasteiger charge is -2.26. The molecule has 1 atom stereocenters. The Hall–Kier alpha value is -2.63. The highest BCUT2D eigenvalue weighted by atomic mass is 19.1. The molecule has 0 aliphatic carbocycles. The molecule has 6 heteroatoms. The molecule has 25 heavy (non-hydrogen) atoms. The molecule has 1 fully saturated rings. The van der Waals surface area contributed by atoms with Crippen molar-refractivity contribution in [2.75, 3.05) is 20.8 Å². The Morgan fingerprint density at radius 3 is 2.52 bits per heavy atom. The number of rotatable bonds is 4. The molecule has 3 rings (SSSR count). The molecule has 1 aliphatic rings. The topological polar surface area (TPSA) is 38.8 Å². The second-order valence-corrected chi connectivity index (χ2v) is 5.90. The zero-order chi connectivity index (χ0) is 18.0. The van der Waals surface area contributed by atoms with Crippen molar-refractivity contribution in [1.29, 1.82) is 0 Å². The van der Waals surface area contributed by atoms with Crippen molar-refractivity contribution in [3.63, 3.8) is 0 Å². The predicted molar refractivity (Wildman–Crippen MR) is 88.9 cm³/mol. The van der Waals surface area contributed by atoms with E-state index in [0.29, 0.717) is 18.0 Å². The van der Waals surface area contributed by atoms with E-state index in [4.69, 9.17) is 9.47 Å². The summed E-state index contributed by atoms with van der Waals surface area (Å²) < 4.78 is 37.6. The normalized spacial score (nSPS) is 16.8. The van der Waals surface area contributed by atoms with E-state index in [9.17, 15) is 13.6 Å². The van der Waals surface area contributed by atoms with E-state index in [1.807, 2.05) is 12.1 Å². The van der Waals surface area contributed by atoms with Crippen LogP contribution in [0.2, 0.25) is 0 Å². The van der Waals surface area contributed by atoms with Crippen molar-refractivity contribution in [3.05, 3.63) is 59.2 Å². The first-order chi connectivity index (χ1) is 12.0. The van der Waals surface area contributed by atoms with Crippen LogP contribution in [0.15, 0.2) is 36.4 Å².